The van der Waals surface area contributed by atoms with Crippen LogP contribution in [-0.4, -0.2) is 39.0 Å². The highest BCUT2D eigenvalue weighted by Gasteiger charge is 2.34. The van der Waals surface area contributed by atoms with Gasteiger partial charge in [-0.2, -0.15) is 0 Å². The molecule has 1 aliphatic heterocycles. The monoisotopic (exact) mass is 221 g/mol. The number of hydrogen-bond acceptors (Lipinski definition) is 4. The molecule has 1 saturated heterocycles. The van der Waals surface area contributed by atoms with Crippen molar-refractivity contribution in [1.82, 2.24) is 14.9 Å². The third-order valence-corrected chi connectivity index (χ3v) is 2.99. The third-order valence-electron chi connectivity index (χ3n) is 2.99. The Hall–Kier alpha value is -1.49. The van der Waals surface area contributed by atoms with E-state index in [1.165, 1.54) is 0 Å². The van der Waals surface area contributed by atoms with E-state index < -0.39 is 5.97 Å². The van der Waals surface area contributed by atoms with Gasteiger partial charge in [-0.15, -0.1) is 0 Å². The second-order valence-electron chi connectivity index (χ2n) is 4.28. The van der Waals surface area contributed by atoms with E-state index in [-0.39, 0.29) is 11.8 Å². The van der Waals surface area contributed by atoms with Crippen LogP contribution < -0.4 is 0 Å². The van der Waals surface area contributed by atoms with Gasteiger partial charge in [0, 0.05) is 25.5 Å². The van der Waals surface area contributed by atoms with E-state index in [9.17, 15) is 4.79 Å². The first-order valence-electron chi connectivity index (χ1n) is 5.38. The van der Waals surface area contributed by atoms with Gasteiger partial charge in [-0.05, 0) is 12.0 Å². The number of nitrogens with zero attached hydrogens (tertiary/aromatic N) is 3. The predicted octanol–water partition coefficient (Wildman–Crippen LogP) is 0.629. The molecule has 0 spiro atoms. The lowest BCUT2D eigenvalue weighted by Gasteiger charge is -2.13. The Labute approximate surface area is 94.1 Å². The van der Waals surface area contributed by atoms with Crippen LogP contribution in [0.4, 0.5) is 0 Å². The molecule has 0 saturated carbocycles. The fourth-order valence-corrected chi connectivity index (χ4v) is 2.13. The van der Waals surface area contributed by atoms with Gasteiger partial charge in [0.1, 0.15) is 5.82 Å². The molecule has 0 bridgehead atoms. The van der Waals surface area contributed by atoms with Crippen molar-refractivity contribution < 1.29 is 9.90 Å². The van der Waals surface area contributed by atoms with Crippen molar-refractivity contribution in [2.75, 3.05) is 13.1 Å². The zero-order valence-electron chi connectivity index (χ0n) is 9.21. The molecule has 0 unspecified atom stereocenters. The van der Waals surface area contributed by atoms with Gasteiger partial charge in [-0.3, -0.25) is 9.69 Å². The number of aliphatic carboxylic acids is 1. The first-order chi connectivity index (χ1) is 7.66. The highest BCUT2D eigenvalue weighted by molar-refractivity contribution is 5.71. The van der Waals surface area contributed by atoms with Crippen LogP contribution in [0.1, 0.15) is 12.7 Å². The summed E-state index contributed by atoms with van der Waals surface area (Å²) in [6, 6.07) is 1.77. The first kappa shape index (κ1) is 11.0. The van der Waals surface area contributed by atoms with Crippen LogP contribution in [0.15, 0.2) is 18.5 Å². The molecule has 2 heterocycles. The molecule has 0 radical (unpaired) electrons. The van der Waals surface area contributed by atoms with E-state index in [0.717, 1.165) is 12.4 Å². The van der Waals surface area contributed by atoms with E-state index in [2.05, 4.69) is 14.9 Å². The number of carbonyl (C=O) groups is 1. The minimum atomic E-state index is -0.705. The first-order valence-corrected chi connectivity index (χ1v) is 5.38. The minimum Gasteiger partial charge on any atom is -0.481 e. The fourth-order valence-electron chi connectivity index (χ4n) is 2.13. The molecule has 1 aliphatic rings. The maximum atomic E-state index is 11.0. The van der Waals surface area contributed by atoms with Gasteiger partial charge >= 0.3 is 5.97 Å². The fraction of sp³-hybridized carbons (Fsp3) is 0.545. The summed E-state index contributed by atoms with van der Waals surface area (Å²) < 4.78 is 0. The number of carboxylic acid groups (broad SMARTS) is 1. The molecular formula is C11H15N3O2. The zero-order valence-corrected chi connectivity index (χ0v) is 9.21. The van der Waals surface area contributed by atoms with Gasteiger partial charge < -0.3 is 5.11 Å². The Morgan fingerprint density at radius 2 is 2.19 bits per heavy atom. The van der Waals surface area contributed by atoms with E-state index in [4.69, 9.17) is 5.11 Å². The Morgan fingerprint density at radius 3 is 2.75 bits per heavy atom. The summed E-state index contributed by atoms with van der Waals surface area (Å²) in [6.07, 6.45) is 3.41. The van der Waals surface area contributed by atoms with Gasteiger partial charge in [0.05, 0.1) is 12.5 Å². The Kier molecular flexibility index (Phi) is 3.14. The number of rotatable bonds is 3. The number of aromatic nitrogens is 2. The smallest absolute Gasteiger partial charge is 0.308 e. The molecule has 86 valence electrons. The zero-order chi connectivity index (χ0) is 11.5. The van der Waals surface area contributed by atoms with Gasteiger partial charge in [0.15, 0.2) is 0 Å². The summed E-state index contributed by atoms with van der Waals surface area (Å²) in [5.41, 5.74) is 0. The second-order valence-corrected chi connectivity index (χ2v) is 4.28. The highest BCUT2D eigenvalue weighted by Crippen LogP contribution is 2.23. The van der Waals surface area contributed by atoms with E-state index in [0.29, 0.717) is 13.1 Å². The van der Waals surface area contributed by atoms with Crippen molar-refractivity contribution in [2.24, 2.45) is 11.8 Å². The lowest BCUT2D eigenvalue weighted by Crippen LogP contribution is -2.23. The average Bonchev–Trinajstić information content (AvgIpc) is 2.61. The summed E-state index contributed by atoms with van der Waals surface area (Å²) in [5.74, 6) is -0.0188. The van der Waals surface area contributed by atoms with Gasteiger partial charge in [0.2, 0.25) is 0 Å². The maximum absolute atomic E-state index is 11.0. The van der Waals surface area contributed by atoms with Crippen molar-refractivity contribution in [1.29, 1.82) is 0 Å². The molecule has 1 fully saturated rings. The average molecular weight is 221 g/mol. The molecule has 1 aromatic heterocycles. The number of carboxylic acids is 1. The summed E-state index contributed by atoms with van der Waals surface area (Å²) in [6.45, 7) is 4.00. The van der Waals surface area contributed by atoms with Crippen LogP contribution in [0.25, 0.3) is 0 Å². The van der Waals surface area contributed by atoms with Crippen LogP contribution >= 0.6 is 0 Å². The van der Waals surface area contributed by atoms with Crippen LogP contribution in [-0.2, 0) is 11.3 Å². The lowest BCUT2D eigenvalue weighted by atomic mass is 9.99. The molecule has 2 rings (SSSR count). The van der Waals surface area contributed by atoms with Crippen molar-refractivity contribution in [2.45, 2.75) is 13.5 Å². The summed E-state index contributed by atoms with van der Waals surface area (Å²) in [7, 11) is 0. The second kappa shape index (κ2) is 4.57. The van der Waals surface area contributed by atoms with Crippen molar-refractivity contribution in [3.05, 3.63) is 24.3 Å². The van der Waals surface area contributed by atoms with Crippen molar-refractivity contribution >= 4 is 5.97 Å². The van der Waals surface area contributed by atoms with Gasteiger partial charge in [-0.1, -0.05) is 6.92 Å². The molecule has 0 aromatic carbocycles. The summed E-state index contributed by atoms with van der Waals surface area (Å²) in [4.78, 5) is 21.3. The number of hydrogen-bond donors (Lipinski definition) is 1. The van der Waals surface area contributed by atoms with Crippen molar-refractivity contribution in [3.8, 4) is 0 Å². The van der Waals surface area contributed by atoms with Gasteiger partial charge in [0.25, 0.3) is 0 Å². The molecule has 1 N–H and O–H groups in total. The summed E-state index contributed by atoms with van der Waals surface area (Å²) in [5, 5.41) is 9.01. The van der Waals surface area contributed by atoms with E-state index in [1.54, 1.807) is 18.5 Å². The molecule has 2 atom stereocenters. The molecule has 0 aliphatic carbocycles. The van der Waals surface area contributed by atoms with Crippen LogP contribution in [0, 0.1) is 11.8 Å². The van der Waals surface area contributed by atoms with Crippen LogP contribution in [0.5, 0.6) is 0 Å². The third kappa shape index (κ3) is 2.36. The van der Waals surface area contributed by atoms with E-state index >= 15 is 0 Å². The topological polar surface area (TPSA) is 66.3 Å². The van der Waals surface area contributed by atoms with E-state index in [1.807, 2.05) is 6.92 Å². The van der Waals surface area contributed by atoms with Gasteiger partial charge in [-0.25, -0.2) is 9.97 Å². The molecule has 0 amide bonds. The minimum absolute atomic E-state index is 0.196. The standard InChI is InChI=1S/C11H15N3O2/c1-8-5-14(6-9(8)11(15)16)7-10-12-3-2-4-13-10/h2-4,8-9H,5-7H2,1H3,(H,15,16)/t8-,9-/m1/s1. The Bertz CT molecular complexity index is 369. The van der Waals surface area contributed by atoms with Crippen LogP contribution in [0.3, 0.4) is 0 Å². The lowest BCUT2D eigenvalue weighted by molar-refractivity contribution is -0.142. The Balaban J connectivity index is 1.96. The number of likely N-dealkylation sites (tertiary alicyclic amines) is 1. The molecular weight excluding hydrogens is 206 g/mol. The molecule has 16 heavy (non-hydrogen) atoms. The quantitative estimate of drug-likeness (QED) is 0.810. The SMILES string of the molecule is C[C@@H]1CN(Cc2ncccn2)C[C@H]1C(=O)O. The molecule has 1 aromatic rings. The molecule has 5 nitrogen and oxygen atoms in total. The largest absolute Gasteiger partial charge is 0.481 e. The Morgan fingerprint density at radius 1 is 1.50 bits per heavy atom. The highest BCUT2D eigenvalue weighted by atomic mass is 16.4. The van der Waals surface area contributed by atoms with Crippen molar-refractivity contribution in [3.63, 3.8) is 0 Å². The summed E-state index contributed by atoms with van der Waals surface area (Å²) >= 11 is 0. The molecule has 5 heteroatoms. The maximum Gasteiger partial charge on any atom is 0.308 e. The predicted molar refractivity (Wildman–Crippen MR) is 57.6 cm³/mol. The van der Waals surface area contributed by atoms with Crippen LogP contribution in [0.2, 0.25) is 0 Å². The normalized spacial score (nSPS) is 25.8.